The first-order valence-corrected chi connectivity index (χ1v) is 20.3. The first-order valence-electron chi connectivity index (χ1n) is 26.8. The second kappa shape index (κ2) is 17.8. The molecule has 0 saturated carbocycles. The average molecular weight is 833 g/mol. The molecule has 0 N–H and O–H groups in total. The standard InChI is InChI=1S/C58H46FN3O/c1-39-15-26-48(27-16-39)56-52(59)29-28-50-49-13-8-14-51(57(49)63-58(50)56)55-32-25-42(38-62-55)19-22-45-34-43(20-17-40-23-30-53(60-36-40)46-9-4-2-5-10-46)33-44(35-45)21-18-41-24-31-54(61-37-41)47-11-6-3-7-12-47/h2-16,23-38H,17-22H2,1H3/i17D2,18D2,19D2,20D2,21D2,22D2,29D. The molecule has 0 unspecified atom stereocenters. The summed E-state index contributed by atoms with van der Waals surface area (Å²) in [5, 5.41) is 1.06. The monoisotopic (exact) mass is 832 g/mol. The summed E-state index contributed by atoms with van der Waals surface area (Å²) in [4.78, 5) is 13.4. The summed E-state index contributed by atoms with van der Waals surface area (Å²) in [6.45, 7) is 1.90. The third-order valence-electron chi connectivity index (χ3n) is 10.6. The summed E-state index contributed by atoms with van der Waals surface area (Å²) >= 11 is 0. The molecule has 63 heavy (non-hydrogen) atoms. The predicted octanol–water partition coefficient (Wildman–Crippen LogP) is 14.2. The van der Waals surface area contributed by atoms with E-state index in [1.165, 1.54) is 54.9 Å². The van der Waals surface area contributed by atoms with E-state index >= 15 is 4.39 Å². The fourth-order valence-corrected chi connectivity index (χ4v) is 7.35. The van der Waals surface area contributed by atoms with Crippen LogP contribution in [0.3, 0.4) is 0 Å². The van der Waals surface area contributed by atoms with Gasteiger partial charge in [-0.1, -0.05) is 139 Å². The number of halogens is 1. The molecule has 0 fully saturated rings. The summed E-state index contributed by atoms with van der Waals surface area (Å²) in [5.74, 6) is -0.754. The lowest BCUT2D eigenvalue weighted by atomic mass is 9.94. The van der Waals surface area contributed by atoms with Gasteiger partial charge in [0.15, 0.2) is 0 Å². The van der Waals surface area contributed by atoms with Crippen molar-refractivity contribution in [2.45, 2.75) is 45.2 Å². The first kappa shape index (κ1) is 27.4. The van der Waals surface area contributed by atoms with Crippen LogP contribution in [-0.2, 0) is 38.2 Å². The SMILES string of the molecule is [2H]c1cc2c(oc3c(-c4ccc(C([2H])([2H])C([2H])([2H])c5cc(C([2H])([2H])C([2H])([2H])c6ccc(-c7ccccc7)nc6)cc(C([2H])([2H])C([2H])([2H])c6ccc(-c7ccccc7)nc6)c5)cn4)cccc32)c(-c2ccc(C)cc2)c1F. The van der Waals surface area contributed by atoms with Crippen molar-refractivity contribution in [3.8, 4) is 44.9 Å². The van der Waals surface area contributed by atoms with Crippen LogP contribution in [-0.4, -0.2) is 15.0 Å². The number of aromatic nitrogens is 3. The fraction of sp³-hybridized carbons (Fsp3) is 0.121. The van der Waals surface area contributed by atoms with Gasteiger partial charge >= 0.3 is 0 Å². The zero-order valence-electron chi connectivity index (χ0n) is 46.9. The van der Waals surface area contributed by atoms with Gasteiger partial charge in [-0.25, -0.2) is 4.39 Å². The Labute approximate surface area is 386 Å². The van der Waals surface area contributed by atoms with Gasteiger partial charge < -0.3 is 4.42 Å². The number of hydrogen-bond acceptors (Lipinski definition) is 4. The van der Waals surface area contributed by atoms with Crippen LogP contribution in [0.5, 0.6) is 0 Å². The third-order valence-corrected chi connectivity index (χ3v) is 10.6. The van der Waals surface area contributed by atoms with Crippen LogP contribution in [0.4, 0.5) is 4.39 Å². The topological polar surface area (TPSA) is 51.8 Å². The van der Waals surface area contributed by atoms with Gasteiger partial charge in [0.2, 0.25) is 0 Å². The van der Waals surface area contributed by atoms with Crippen LogP contribution >= 0.6 is 0 Å². The Bertz CT molecular complexity index is 3660. The normalized spacial score (nSPS) is 15.8. The van der Waals surface area contributed by atoms with Gasteiger partial charge in [-0.3, -0.25) is 15.0 Å². The molecule has 4 nitrogen and oxygen atoms in total. The minimum absolute atomic E-state index is 0.119. The smallest absolute Gasteiger partial charge is 0.146 e. The van der Waals surface area contributed by atoms with Crippen LogP contribution in [0.15, 0.2) is 193 Å². The Morgan fingerprint density at radius 1 is 0.460 bits per heavy atom. The van der Waals surface area contributed by atoms with Gasteiger partial charge in [0.05, 0.1) is 24.0 Å². The summed E-state index contributed by atoms with van der Waals surface area (Å²) in [5.41, 5.74) is 2.81. The molecule has 306 valence electrons. The molecule has 0 amide bonds. The van der Waals surface area contributed by atoms with Gasteiger partial charge in [0.25, 0.3) is 0 Å². The van der Waals surface area contributed by atoms with Crippen molar-refractivity contribution < 1.29 is 26.6 Å². The van der Waals surface area contributed by atoms with Gasteiger partial charge in [0.1, 0.15) is 17.0 Å². The highest BCUT2D eigenvalue weighted by Gasteiger charge is 2.19. The Morgan fingerprint density at radius 2 is 0.937 bits per heavy atom. The van der Waals surface area contributed by atoms with Crippen molar-refractivity contribution in [3.63, 3.8) is 0 Å². The quantitative estimate of drug-likeness (QED) is 0.116. The third kappa shape index (κ3) is 8.82. The highest BCUT2D eigenvalue weighted by atomic mass is 19.1. The molecule has 0 saturated heterocycles. The number of fused-ring (bicyclic) bond motifs is 3. The number of pyridine rings is 3. The summed E-state index contributed by atoms with van der Waals surface area (Å²) in [6, 6.07) is 43.0. The van der Waals surface area contributed by atoms with Gasteiger partial charge in [-0.2, -0.15) is 0 Å². The fourth-order valence-electron chi connectivity index (χ4n) is 7.35. The molecule has 0 spiro atoms. The maximum absolute atomic E-state index is 15.8. The molecule has 5 heteroatoms. The largest absolute Gasteiger partial charge is 0.455 e. The van der Waals surface area contributed by atoms with E-state index < -0.39 is 60.7 Å². The van der Waals surface area contributed by atoms with Crippen molar-refractivity contribution in [2.75, 3.05) is 0 Å². The van der Waals surface area contributed by atoms with Crippen molar-refractivity contribution in [1.82, 2.24) is 15.0 Å². The van der Waals surface area contributed by atoms with E-state index in [0.717, 1.165) is 41.1 Å². The van der Waals surface area contributed by atoms with E-state index in [0.29, 0.717) is 38.9 Å². The second-order valence-corrected chi connectivity index (χ2v) is 14.9. The molecule has 0 radical (unpaired) electrons. The van der Waals surface area contributed by atoms with Crippen molar-refractivity contribution in [1.29, 1.82) is 0 Å². The van der Waals surface area contributed by atoms with Crippen LogP contribution in [0, 0.1) is 12.7 Å². The van der Waals surface area contributed by atoms with E-state index in [2.05, 4.69) is 15.0 Å². The number of nitrogens with zero attached hydrogens (tertiary/aromatic N) is 3. The maximum atomic E-state index is 15.8. The highest BCUT2D eigenvalue weighted by Crippen LogP contribution is 2.40. The molecular weight excluding hydrogens is 774 g/mol. The Hall–Kier alpha value is -7.50. The molecule has 10 rings (SSSR count). The number of para-hydroxylation sites is 1. The number of furan rings is 1. The van der Waals surface area contributed by atoms with Crippen LogP contribution in [0.2, 0.25) is 0 Å². The van der Waals surface area contributed by atoms with E-state index in [4.69, 9.17) is 5.79 Å². The zero-order chi connectivity index (χ0) is 54.2. The number of benzene rings is 6. The number of aryl methyl sites for hydroxylation is 7. The Morgan fingerprint density at radius 3 is 1.43 bits per heavy atom. The van der Waals surface area contributed by atoms with E-state index in [9.17, 15) is 16.4 Å². The second-order valence-electron chi connectivity index (χ2n) is 14.9. The molecular formula is C58H46FN3O. The molecule has 6 aromatic carbocycles. The van der Waals surface area contributed by atoms with Crippen molar-refractivity contribution in [2.24, 2.45) is 0 Å². The molecule has 0 aliphatic heterocycles. The molecule has 10 aromatic rings. The molecule has 0 aliphatic rings. The van der Waals surface area contributed by atoms with Crippen LogP contribution in [0.1, 0.15) is 56.8 Å². The highest BCUT2D eigenvalue weighted by molar-refractivity contribution is 6.12. The average Bonchev–Trinajstić information content (AvgIpc) is 3.81. The zero-order valence-corrected chi connectivity index (χ0v) is 33.9. The first-order chi connectivity index (χ1) is 35.9. The van der Waals surface area contributed by atoms with E-state index in [1.54, 1.807) is 30.3 Å². The van der Waals surface area contributed by atoms with E-state index in [1.807, 2.05) is 79.7 Å². The minimum atomic E-state index is -3.16. The molecule has 4 aromatic heterocycles. The molecule has 0 aliphatic carbocycles. The van der Waals surface area contributed by atoms with Crippen LogP contribution in [0.25, 0.3) is 66.8 Å². The molecule has 0 atom stereocenters. The molecule has 0 bridgehead atoms. The van der Waals surface area contributed by atoms with Gasteiger partial charge in [-0.05, 0) is 120 Å². The number of hydrogen-bond donors (Lipinski definition) is 0. The van der Waals surface area contributed by atoms with Crippen molar-refractivity contribution in [3.05, 3.63) is 233 Å². The van der Waals surface area contributed by atoms with Crippen LogP contribution < -0.4 is 0 Å². The Balaban J connectivity index is 1.05. The lowest BCUT2D eigenvalue weighted by Crippen LogP contribution is -2.00. The van der Waals surface area contributed by atoms with E-state index in [-0.39, 0.29) is 39.6 Å². The molecule has 4 heterocycles. The summed E-state index contributed by atoms with van der Waals surface area (Å²) in [7, 11) is 0. The lowest BCUT2D eigenvalue weighted by Gasteiger charge is -2.12. The summed E-state index contributed by atoms with van der Waals surface area (Å²) in [6.07, 6.45) is -14.7. The maximum Gasteiger partial charge on any atom is 0.146 e. The number of rotatable bonds is 13. The Kier molecular flexibility index (Phi) is 7.77. The lowest BCUT2D eigenvalue weighted by molar-refractivity contribution is 0.622. The van der Waals surface area contributed by atoms with Gasteiger partial charge in [0, 0.05) is 62.5 Å². The van der Waals surface area contributed by atoms with Crippen molar-refractivity contribution >= 4 is 21.9 Å². The minimum Gasteiger partial charge on any atom is -0.455 e. The predicted molar refractivity (Wildman–Crippen MR) is 255 cm³/mol. The van der Waals surface area contributed by atoms with Gasteiger partial charge in [-0.15, -0.1) is 0 Å². The summed E-state index contributed by atoms with van der Waals surface area (Å²) < 4.78 is 143.